The molecule has 0 unspecified atom stereocenters. The summed E-state index contributed by atoms with van der Waals surface area (Å²) in [5.41, 5.74) is -0.775. The van der Waals surface area contributed by atoms with Crippen molar-refractivity contribution in [3.63, 3.8) is 0 Å². The van der Waals surface area contributed by atoms with Gasteiger partial charge in [-0.05, 0) is 42.5 Å². The highest BCUT2D eigenvalue weighted by molar-refractivity contribution is 7.89. The molecule has 0 saturated carbocycles. The Hall–Kier alpha value is -2.59. The lowest BCUT2D eigenvalue weighted by Crippen LogP contribution is -2.30. The van der Waals surface area contributed by atoms with E-state index in [4.69, 9.17) is 4.74 Å². The van der Waals surface area contributed by atoms with E-state index in [1.54, 1.807) is 13.8 Å². The van der Waals surface area contributed by atoms with Gasteiger partial charge in [0.1, 0.15) is 5.75 Å². The van der Waals surface area contributed by atoms with Crippen molar-refractivity contribution in [3.05, 3.63) is 53.6 Å². The third-order valence-corrected chi connectivity index (χ3v) is 6.27. The molecule has 0 saturated heterocycles. The monoisotopic (exact) mass is 430 g/mol. The number of rotatable bonds is 7. The van der Waals surface area contributed by atoms with E-state index in [0.29, 0.717) is 0 Å². The number of nitrogens with one attached hydrogen (secondary N) is 1. The SMILES string of the molecule is CCN(CC)S(=O)(=O)c1ccc(OC)c(C(=O)Nc2ccc(C(F)(F)F)cc2)c1. The van der Waals surface area contributed by atoms with Gasteiger partial charge in [0.15, 0.2) is 0 Å². The van der Waals surface area contributed by atoms with Crippen LogP contribution in [-0.4, -0.2) is 38.8 Å². The summed E-state index contributed by atoms with van der Waals surface area (Å²) in [6.07, 6.45) is -4.49. The maximum Gasteiger partial charge on any atom is 0.416 e. The number of carbonyl (C=O) groups excluding carboxylic acids is 1. The fourth-order valence-corrected chi connectivity index (χ4v) is 4.16. The average Bonchev–Trinajstić information content (AvgIpc) is 2.67. The number of nitrogens with zero attached hydrogens (tertiary/aromatic N) is 1. The third kappa shape index (κ3) is 5.07. The van der Waals surface area contributed by atoms with E-state index in [2.05, 4.69) is 5.32 Å². The van der Waals surface area contributed by atoms with Crippen LogP contribution in [0, 0.1) is 0 Å². The van der Waals surface area contributed by atoms with Gasteiger partial charge in [0.25, 0.3) is 5.91 Å². The number of amides is 1. The quantitative estimate of drug-likeness (QED) is 0.721. The molecule has 2 rings (SSSR count). The van der Waals surface area contributed by atoms with Gasteiger partial charge in [-0.15, -0.1) is 0 Å². The van der Waals surface area contributed by atoms with Crippen molar-refractivity contribution in [1.29, 1.82) is 0 Å². The zero-order chi connectivity index (χ0) is 21.8. The van der Waals surface area contributed by atoms with Crippen molar-refractivity contribution >= 4 is 21.6 Å². The first-order valence-electron chi connectivity index (χ1n) is 8.71. The Morgan fingerprint density at radius 2 is 1.66 bits per heavy atom. The van der Waals surface area contributed by atoms with Crippen molar-refractivity contribution < 1.29 is 31.1 Å². The summed E-state index contributed by atoms with van der Waals surface area (Å²) in [7, 11) is -2.48. The zero-order valence-corrected chi connectivity index (χ0v) is 16.9. The van der Waals surface area contributed by atoms with E-state index in [9.17, 15) is 26.4 Å². The molecule has 0 heterocycles. The number of ether oxygens (including phenoxy) is 1. The van der Waals surface area contributed by atoms with Crippen LogP contribution in [0.5, 0.6) is 5.75 Å². The van der Waals surface area contributed by atoms with Crippen LogP contribution >= 0.6 is 0 Å². The van der Waals surface area contributed by atoms with Crippen LogP contribution in [0.2, 0.25) is 0 Å². The predicted molar refractivity (Wildman–Crippen MR) is 102 cm³/mol. The van der Waals surface area contributed by atoms with Gasteiger partial charge >= 0.3 is 6.18 Å². The van der Waals surface area contributed by atoms with Crippen LogP contribution in [0.4, 0.5) is 18.9 Å². The van der Waals surface area contributed by atoms with Crippen LogP contribution in [0.3, 0.4) is 0 Å². The number of sulfonamides is 1. The third-order valence-electron chi connectivity index (χ3n) is 4.23. The Morgan fingerprint density at radius 1 is 1.07 bits per heavy atom. The minimum Gasteiger partial charge on any atom is -0.496 e. The van der Waals surface area contributed by atoms with Gasteiger partial charge in [0.2, 0.25) is 10.0 Å². The Kier molecular flexibility index (Phi) is 6.91. The molecule has 158 valence electrons. The first kappa shape index (κ1) is 22.7. The Labute approximate surface area is 167 Å². The second kappa shape index (κ2) is 8.83. The molecule has 1 N–H and O–H groups in total. The molecule has 0 aliphatic rings. The Balaban J connectivity index is 2.36. The number of carbonyl (C=O) groups is 1. The fourth-order valence-electron chi connectivity index (χ4n) is 2.68. The molecule has 0 bridgehead atoms. The van der Waals surface area contributed by atoms with Crippen molar-refractivity contribution in [3.8, 4) is 5.75 Å². The molecule has 0 radical (unpaired) electrons. The molecule has 29 heavy (non-hydrogen) atoms. The van der Waals surface area contributed by atoms with E-state index in [-0.39, 0.29) is 35.0 Å². The van der Waals surface area contributed by atoms with Gasteiger partial charge < -0.3 is 10.1 Å². The predicted octanol–water partition coefficient (Wildman–Crippen LogP) is 4.00. The molecule has 0 fully saturated rings. The summed E-state index contributed by atoms with van der Waals surface area (Å²) in [5.74, 6) is -0.578. The molecule has 10 heteroatoms. The summed E-state index contributed by atoms with van der Waals surface area (Å²) in [6.45, 7) is 3.92. The number of anilines is 1. The first-order chi connectivity index (χ1) is 13.5. The normalized spacial score (nSPS) is 12.1. The number of benzene rings is 2. The lowest BCUT2D eigenvalue weighted by molar-refractivity contribution is -0.137. The largest absolute Gasteiger partial charge is 0.496 e. The molecule has 0 aliphatic heterocycles. The van der Waals surface area contributed by atoms with Crippen molar-refractivity contribution in [1.82, 2.24) is 4.31 Å². The highest BCUT2D eigenvalue weighted by Crippen LogP contribution is 2.30. The number of halogens is 3. The maximum atomic E-state index is 12.7. The summed E-state index contributed by atoms with van der Waals surface area (Å²) >= 11 is 0. The molecular formula is C19H21F3N2O4S. The summed E-state index contributed by atoms with van der Waals surface area (Å²) < 4.78 is 69.8. The van der Waals surface area contributed by atoms with E-state index in [1.807, 2.05) is 0 Å². The van der Waals surface area contributed by atoms with Gasteiger partial charge in [-0.1, -0.05) is 13.8 Å². The fraction of sp³-hybridized carbons (Fsp3) is 0.316. The first-order valence-corrected chi connectivity index (χ1v) is 10.1. The van der Waals surface area contributed by atoms with Crippen LogP contribution in [0.1, 0.15) is 29.8 Å². The molecule has 1 amide bonds. The van der Waals surface area contributed by atoms with Crippen molar-refractivity contribution in [2.24, 2.45) is 0 Å². The minimum atomic E-state index is -4.49. The van der Waals surface area contributed by atoms with E-state index in [0.717, 1.165) is 24.3 Å². The number of methoxy groups -OCH3 is 1. The highest BCUT2D eigenvalue weighted by Gasteiger charge is 2.30. The van der Waals surface area contributed by atoms with Crippen LogP contribution in [0.15, 0.2) is 47.4 Å². The molecule has 0 aromatic heterocycles. The van der Waals surface area contributed by atoms with E-state index < -0.39 is 27.7 Å². The number of hydrogen-bond acceptors (Lipinski definition) is 4. The van der Waals surface area contributed by atoms with Gasteiger partial charge in [-0.3, -0.25) is 4.79 Å². The summed E-state index contributed by atoms with van der Waals surface area (Å²) in [4.78, 5) is 12.6. The smallest absolute Gasteiger partial charge is 0.416 e. The Bertz CT molecular complexity index is 970. The molecule has 0 spiro atoms. The molecular weight excluding hydrogens is 409 g/mol. The lowest BCUT2D eigenvalue weighted by atomic mass is 10.1. The molecule has 0 atom stereocenters. The second-order valence-corrected chi connectivity index (χ2v) is 7.92. The van der Waals surface area contributed by atoms with Gasteiger partial charge in [0, 0.05) is 18.8 Å². The summed E-state index contributed by atoms with van der Waals surface area (Å²) in [6, 6.07) is 7.79. The van der Waals surface area contributed by atoms with Crippen molar-refractivity contribution in [2.75, 3.05) is 25.5 Å². The number of hydrogen-bond donors (Lipinski definition) is 1. The second-order valence-electron chi connectivity index (χ2n) is 5.98. The molecule has 2 aromatic rings. The topological polar surface area (TPSA) is 75.7 Å². The van der Waals surface area contributed by atoms with Gasteiger partial charge in [-0.2, -0.15) is 17.5 Å². The van der Waals surface area contributed by atoms with Gasteiger partial charge in [0.05, 0.1) is 23.1 Å². The van der Waals surface area contributed by atoms with Crippen LogP contribution < -0.4 is 10.1 Å². The van der Waals surface area contributed by atoms with Crippen molar-refractivity contribution in [2.45, 2.75) is 24.9 Å². The van der Waals surface area contributed by atoms with Crippen LogP contribution in [-0.2, 0) is 16.2 Å². The maximum absolute atomic E-state index is 12.7. The molecule has 0 aliphatic carbocycles. The molecule has 2 aromatic carbocycles. The summed E-state index contributed by atoms with van der Waals surface area (Å²) in [5, 5.41) is 2.45. The standard InChI is InChI=1S/C19H21F3N2O4S/c1-4-24(5-2)29(26,27)15-10-11-17(28-3)16(12-15)18(25)23-14-8-6-13(7-9-14)19(20,21)22/h6-12H,4-5H2,1-3H3,(H,23,25). The minimum absolute atomic E-state index is 0.0550. The van der Waals surface area contributed by atoms with E-state index in [1.165, 1.54) is 29.6 Å². The zero-order valence-electron chi connectivity index (χ0n) is 16.1. The van der Waals surface area contributed by atoms with E-state index >= 15 is 0 Å². The molecule has 6 nitrogen and oxygen atoms in total. The average molecular weight is 430 g/mol. The lowest BCUT2D eigenvalue weighted by Gasteiger charge is -2.19. The van der Waals surface area contributed by atoms with Crippen LogP contribution in [0.25, 0.3) is 0 Å². The number of alkyl halides is 3. The van der Waals surface area contributed by atoms with Gasteiger partial charge in [-0.25, -0.2) is 8.42 Å². The highest BCUT2D eigenvalue weighted by atomic mass is 32.2. The Morgan fingerprint density at radius 3 is 2.14 bits per heavy atom.